The van der Waals surface area contributed by atoms with Crippen LogP contribution in [0.3, 0.4) is 0 Å². The van der Waals surface area contributed by atoms with E-state index in [1.54, 1.807) is 25.5 Å². The van der Waals surface area contributed by atoms with Crippen molar-refractivity contribution in [1.29, 1.82) is 0 Å². The zero-order chi connectivity index (χ0) is 20.4. The molecular formula is C21H20N6O2. The van der Waals surface area contributed by atoms with Crippen LogP contribution in [0, 0.1) is 0 Å². The number of hydrogen-bond donors (Lipinski definition) is 3. The van der Waals surface area contributed by atoms with Crippen molar-refractivity contribution in [2.45, 2.75) is 6.92 Å². The lowest BCUT2D eigenvalue weighted by Crippen LogP contribution is -2.28. The number of aromatic nitrogens is 4. The molecule has 4 aromatic rings. The van der Waals surface area contributed by atoms with E-state index in [0.717, 1.165) is 27.9 Å². The number of fused-ring (bicyclic) bond motifs is 1. The molecule has 8 heteroatoms. The van der Waals surface area contributed by atoms with E-state index in [4.69, 9.17) is 0 Å². The third kappa shape index (κ3) is 3.73. The third-order valence-electron chi connectivity index (χ3n) is 4.54. The molecule has 0 aliphatic carbocycles. The summed E-state index contributed by atoms with van der Waals surface area (Å²) in [6.07, 6.45) is 3.45. The number of carbonyl (C=O) groups is 1. The molecule has 146 valence electrons. The van der Waals surface area contributed by atoms with E-state index in [2.05, 4.69) is 25.6 Å². The van der Waals surface area contributed by atoms with Crippen LogP contribution in [0.4, 0.5) is 10.7 Å². The summed E-state index contributed by atoms with van der Waals surface area (Å²) in [4.78, 5) is 36.1. The summed E-state index contributed by atoms with van der Waals surface area (Å²) in [6, 6.07) is 12.6. The number of rotatable bonds is 4. The molecule has 0 radical (unpaired) electrons. The van der Waals surface area contributed by atoms with Crippen LogP contribution in [-0.2, 0) is 7.05 Å². The number of H-pyrrole nitrogens is 1. The molecule has 0 aliphatic heterocycles. The smallest absolute Gasteiger partial charge is 0.321 e. The normalized spacial score (nSPS) is 10.8. The lowest BCUT2D eigenvalue weighted by Gasteiger charge is -2.08. The van der Waals surface area contributed by atoms with Gasteiger partial charge in [0.05, 0.1) is 16.7 Å². The molecule has 0 saturated carbocycles. The molecule has 1 aromatic carbocycles. The topological polar surface area (TPSA) is 105 Å². The molecule has 3 aromatic heterocycles. The molecule has 4 rings (SSSR count). The maximum Gasteiger partial charge on any atom is 0.321 e. The van der Waals surface area contributed by atoms with Crippen LogP contribution >= 0.6 is 0 Å². The molecule has 0 spiro atoms. The lowest BCUT2D eigenvalue weighted by atomic mass is 10.0. The quantitative estimate of drug-likeness (QED) is 0.499. The lowest BCUT2D eigenvalue weighted by molar-refractivity contribution is 0.252. The predicted octanol–water partition coefficient (Wildman–Crippen LogP) is 3.13. The highest BCUT2D eigenvalue weighted by Crippen LogP contribution is 2.32. The molecule has 0 bridgehead atoms. The van der Waals surface area contributed by atoms with E-state index in [9.17, 15) is 9.59 Å². The number of pyridine rings is 2. The van der Waals surface area contributed by atoms with Gasteiger partial charge in [-0.25, -0.2) is 9.78 Å². The maximum atomic E-state index is 12.1. The first-order valence-electron chi connectivity index (χ1n) is 9.22. The van der Waals surface area contributed by atoms with Gasteiger partial charge < -0.3 is 14.9 Å². The minimum absolute atomic E-state index is 0.0948. The Kier molecular flexibility index (Phi) is 4.82. The predicted molar refractivity (Wildman–Crippen MR) is 113 cm³/mol. The number of anilines is 1. The second-order valence-electron chi connectivity index (χ2n) is 6.57. The number of aromatic amines is 1. The van der Waals surface area contributed by atoms with Gasteiger partial charge in [-0.15, -0.1) is 0 Å². The SMILES string of the molecule is CCNC(=O)Nc1nc2cc(-c3ccn(C)c(=O)c3)cc(-c3ccccn3)c2[nH]1. The highest BCUT2D eigenvalue weighted by molar-refractivity contribution is 5.97. The summed E-state index contributed by atoms with van der Waals surface area (Å²) in [5.41, 5.74) is 4.54. The Labute approximate surface area is 166 Å². The molecule has 0 fully saturated rings. The van der Waals surface area contributed by atoms with Crippen molar-refractivity contribution in [1.82, 2.24) is 24.8 Å². The fourth-order valence-electron chi connectivity index (χ4n) is 3.10. The Balaban J connectivity index is 1.88. The summed E-state index contributed by atoms with van der Waals surface area (Å²) in [7, 11) is 1.71. The van der Waals surface area contributed by atoms with Gasteiger partial charge in [-0.05, 0) is 48.4 Å². The van der Waals surface area contributed by atoms with Gasteiger partial charge >= 0.3 is 6.03 Å². The van der Waals surface area contributed by atoms with Crippen LogP contribution in [0.1, 0.15) is 6.92 Å². The van der Waals surface area contributed by atoms with Crippen molar-refractivity contribution in [2.24, 2.45) is 7.05 Å². The van der Waals surface area contributed by atoms with Gasteiger partial charge in [0.25, 0.3) is 5.56 Å². The zero-order valence-electron chi connectivity index (χ0n) is 16.1. The number of aryl methyl sites for hydroxylation is 1. The Hall–Kier alpha value is -3.94. The molecule has 2 amide bonds. The largest absolute Gasteiger partial charge is 0.338 e. The van der Waals surface area contributed by atoms with Gasteiger partial charge in [-0.2, -0.15) is 0 Å². The fourth-order valence-corrected chi connectivity index (χ4v) is 3.10. The van der Waals surface area contributed by atoms with Crippen molar-refractivity contribution < 1.29 is 4.79 Å². The van der Waals surface area contributed by atoms with E-state index in [-0.39, 0.29) is 11.6 Å². The van der Waals surface area contributed by atoms with Crippen LogP contribution in [0.5, 0.6) is 0 Å². The third-order valence-corrected chi connectivity index (χ3v) is 4.54. The van der Waals surface area contributed by atoms with Crippen molar-refractivity contribution in [3.05, 3.63) is 65.2 Å². The number of urea groups is 1. The standard InChI is InChI=1S/C21H20N6O2/c1-3-22-21(29)26-20-24-17-11-14(13-7-9-27(2)18(28)12-13)10-15(19(17)25-20)16-6-4-5-8-23-16/h4-12H,3H2,1-2H3,(H3,22,24,25,26,29). The van der Waals surface area contributed by atoms with E-state index >= 15 is 0 Å². The number of nitrogens with one attached hydrogen (secondary N) is 3. The molecule has 3 N–H and O–H groups in total. The van der Waals surface area contributed by atoms with Crippen LogP contribution in [0.15, 0.2) is 59.7 Å². The number of imidazole rings is 1. The van der Waals surface area contributed by atoms with E-state index in [0.29, 0.717) is 18.0 Å². The Morgan fingerprint density at radius 1 is 1.17 bits per heavy atom. The first-order valence-corrected chi connectivity index (χ1v) is 9.22. The molecule has 0 atom stereocenters. The van der Waals surface area contributed by atoms with Gasteiger partial charge in [0.15, 0.2) is 0 Å². The Morgan fingerprint density at radius 2 is 2.03 bits per heavy atom. The number of amides is 2. The van der Waals surface area contributed by atoms with Crippen molar-refractivity contribution in [3.8, 4) is 22.4 Å². The van der Waals surface area contributed by atoms with E-state index in [1.165, 1.54) is 4.57 Å². The summed E-state index contributed by atoms with van der Waals surface area (Å²) >= 11 is 0. The van der Waals surface area contributed by atoms with Crippen LogP contribution < -0.4 is 16.2 Å². The Morgan fingerprint density at radius 3 is 2.76 bits per heavy atom. The summed E-state index contributed by atoms with van der Waals surface area (Å²) in [6.45, 7) is 2.35. The average Bonchev–Trinajstić information content (AvgIpc) is 3.12. The zero-order valence-corrected chi connectivity index (χ0v) is 16.1. The molecule has 0 unspecified atom stereocenters. The van der Waals surface area contributed by atoms with Gasteiger partial charge in [-0.3, -0.25) is 15.1 Å². The molecular weight excluding hydrogens is 368 g/mol. The summed E-state index contributed by atoms with van der Waals surface area (Å²) < 4.78 is 1.52. The van der Waals surface area contributed by atoms with Gasteiger partial charge in [0.1, 0.15) is 0 Å². The van der Waals surface area contributed by atoms with Crippen molar-refractivity contribution >= 4 is 23.0 Å². The van der Waals surface area contributed by atoms with Gasteiger partial charge in [0.2, 0.25) is 5.95 Å². The van der Waals surface area contributed by atoms with E-state index < -0.39 is 0 Å². The first-order chi connectivity index (χ1) is 14.0. The fraction of sp³-hybridized carbons (Fsp3) is 0.143. The number of nitrogens with zero attached hydrogens (tertiary/aromatic N) is 3. The summed E-state index contributed by atoms with van der Waals surface area (Å²) in [5.74, 6) is 0.337. The van der Waals surface area contributed by atoms with Crippen LogP contribution in [0.2, 0.25) is 0 Å². The number of benzene rings is 1. The number of carbonyl (C=O) groups excluding carboxylic acids is 1. The van der Waals surface area contributed by atoms with Crippen molar-refractivity contribution in [3.63, 3.8) is 0 Å². The molecule has 29 heavy (non-hydrogen) atoms. The molecule has 0 saturated heterocycles. The number of hydrogen-bond acceptors (Lipinski definition) is 4. The maximum absolute atomic E-state index is 12.1. The van der Waals surface area contributed by atoms with Crippen molar-refractivity contribution in [2.75, 3.05) is 11.9 Å². The second kappa shape index (κ2) is 7.59. The summed E-state index contributed by atoms with van der Waals surface area (Å²) in [5, 5.41) is 5.37. The van der Waals surface area contributed by atoms with Gasteiger partial charge in [-0.1, -0.05) is 6.07 Å². The minimum Gasteiger partial charge on any atom is -0.338 e. The average molecular weight is 388 g/mol. The first kappa shape index (κ1) is 18.4. The van der Waals surface area contributed by atoms with Crippen LogP contribution in [-0.4, -0.2) is 32.1 Å². The van der Waals surface area contributed by atoms with E-state index in [1.807, 2.05) is 43.3 Å². The van der Waals surface area contributed by atoms with Crippen LogP contribution in [0.25, 0.3) is 33.4 Å². The molecule has 0 aliphatic rings. The molecule has 3 heterocycles. The highest BCUT2D eigenvalue weighted by atomic mass is 16.2. The second-order valence-corrected chi connectivity index (χ2v) is 6.57. The highest BCUT2D eigenvalue weighted by Gasteiger charge is 2.14. The molecule has 8 nitrogen and oxygen atoms in total. The van der Waals surface area contributed by atoms with Gasteiger partial charge in [0, 0.05) is 37.6 Å². The Bertz CT molecular complexity index is 1240. The monoisotopic (exact) mass is 388 g/mol. The minimum atomic E-state index is -0.335.